The number of anilines is 1. The maximum absolute atomic E-state index is 5.98. The molecule has 4 rings (SSSR count). The van der Waals surface area contributed by atoms with E-state index in [0.29, 0.717) is 5.41 Å². The molecule has 1 aliphatic heterocycles. The third-order valence-electron chi connectivity index (χ3n) is 6.41. The summed E-state index contributed by atoms with van der Waals surface area (Å²) >= 11 is 0. The summed E-state index contributed by atoms with van der Waals surface area (Å²) in [6.45, 7) is 6.25. The number of hydrogen-bond acceptors (Lipinski definition) is 2. The Morgan fingerprint density at radius 2 is 2.09 bits per heavy atom. The normalized spacial score (nSPS) is 32.7. The smallest absolute Gasteiger partial charge is 0.0316 e. The molecule has 1 saturated heterocycles. The van der Waals surface area contributed by atoms with Gasteiger partial charge in [-0.05, 0) is 61.8 Å². The number of nitrogens with two attached hydrogens (primary N) is 1. The summed E-state index contributed by atoms with van der Waals surface area (Å²) in [5.41, 5.74) is 10.3. The van der Waals surface area contributed by atoms with Gasteiger partial charge in [0.25, 0.3) is 0 Å². The molecule has 2 unspecified atom stereocenters. The first-order valence-corrected chi connectivity index (χ1v) is 9.11. The van der Waals surface area contributed by atoms with Crippen LogP contribution in [0.15, 0.2) is 48.1 Å². The van der Waals surface area contributed by atoms with Crippen molar-refractivity contribution in [3.05, 3.63) is 53.6 Å². The lowest BCUT2D eigenvalue weighted by Gasteiger charge is -2.24. The van der Waals surface area contributed by atoms with E-state index in [1.54, 1.807) is 5.57 Å². The molecule has 2 aliphatic carbocycles. The van der Waals surface area contributed by atoms with Crippen molar-refractivity contribution >= 4 is 5.69 Å². The Bertz CT molecular complexity index is 631. The number of likely N-dealkylation sites (tertiary alicyclic amines) is 1. The maximum atomic E-state index is 5.98. The fourth-order valence-electron chi connectivity index (χ4n) is 4.84. The van der Waals surface area contributed by atoms with Crippen LogP contribution in [0.3, 0.4) is 0 Å². The summed E-state index contributed by atoms with van der Waals surface area (Å²) in [7, 11) is 0. The Kier molecular flexibility index (Phi) is 3.81. The van der Waals surface area contributed by atoms with Crippen LogP contribution in [-0.4, -0.2) is 24.5 Å². The maximum Gasteiger partial charge on any atom is 0.0316 e. The molecular weight excluding hydrogens is 280 g/mol. The second-order valence-electron chi connectivity index (χ2n) is 7.78. The minimum Gasteiger partial charge on any atom is -0.399 e. The lowest BCUT2D eigenvalue weighted by atomic mass is 9.92. The summed E-state index contributed by atoms with van der Waals surface area (Å²) in [6.07, 6.45) is 11.9. The zero-order valence-corrected chi connectivity index (χ0v) is 14.2. The first kappa shape index (κ1) is 15.0. The van der Waals surface area contributed by atoms with Crippen LogP contribution in [0.5, 0.6) is 0 Å². The molecule has 23 heavy (non-hydrogen) atoms. The van der Waals surface area contributed by atoms with E-state index in [2.05, 4.69) is 48.3 Å². The van der Waals surface area contributed by atoms with Crippen LogP contribution >= 0.6 is 0 Å². The van der Waals surface area contributed by atoms with Gasteiger partial charge in [0.1, 0.15) is 0 Å². The second-order valence-corrected chi connectivity index (χ2v) is 7.78. The molecule has 1 aromatic carbocycles. The van der Waals surface area contributed by atoms with E-state index in [4.69, 9.17) is 5.73 Å². The van der Waals surface area contributed by atoms with Crippen molar-refractivity contribution in [2.75, 3.05) is 25.4 Å². The second kappa shape index (κ2) is 5.83. The van der Waals surface area contributed by atoms with E-state index in [9.17, 15) is 0 Å². The van der Waals surface area contributed by atoms with Crippen molar-refractivity contribution in [2.45, 2.75) is 38.0 Å². The van der Waals surface area contributed by atoms with Crippen molar-refractivity contribution in [2.24, 2.45) is 11.8 Å². The molecule has 2 nitrogen and oxygen atoms in total. The number of allylic oxidation sites excluding steroid dienone is 4. The van der Waals surface area contributed by atoms with Crippen molar-refractivity contribution in [1.82, 2.24) is 4.90 Å². The first-order chi connectivity index (χ1) is 11.2. The van der Waals surface area contributed by atoms with E-state index in [1.807, 2.05) is 6.07 Å². The monoisotopic (exact) mass is 308 g/mol. The molecule has 2 atom stereocenters. The van der Waals surface area contributed by atoms with Crippen LogP contribution in [0.4, 0.5) is 5.69 Å². The Morgan fingerprint density at radius 3 is 2.78 bits per heavy atom. The van der Waals surface area contributed by atoms with Gasteiger partial charge in [0.15, 0.2) is 0 Å². The van der Waals surface area contributed by atoms with E-state index >= 15 is 0 Å². The van der Waals surface area contributed by atoms with Crippen LogP contribution in [-0.2, 0) is 5.41 Å². The van der Waals surface area contributed by atoms with Crippen LogP contribution < -0.4 is 5.73 Å². The summed E-state index contributed by atoms with van der Waals surface area (Å²) in [5.74, 6) is 1.67. The minimum atomic E-state index is 0.378. The van der Waals surface area contributed by atoms with Gasteiger partial charge in [-0.25, -0.2) is 0 Å². The fraction of sp³-hybridized carbons (Fsp3) is 0.524. The standard InChI is InChI=1S/C21H28N2/c1-21(17-10-5-11-18(22)13-17)19-14-23(15-20(19)21)12-6-9-16-7-3-2-4-8-16/h2-3,5,7,10-11,13,19-20H,4,6,8-9,12,14-15,22H2,1H3. The molecular formula is C21H28N2. The fourth-order valence-corrected chi connectivity index (χ4v) is 4.84. The molecule has 2 heteroatoms. The Morgan fingerprint density at radius 1 is 1.26 bits per heavy atom. The average Bonchev–Trinajstić information content (AvgIpc) is 2.93. The minimum absolute atomic E-state index is 0.378. The van der Waals surface area contributed by atoms with Gasteiger partial charge >= 0.3 is 0 Å². The lowest BCUT2D eigenvalue weighted by Crippen LogP contribution is -2.30. The van der Waals surface area contributed by atoms with Crippen molar-refractivity contribution in [3.63, 3.8) is 0 Å². The molecule has 3 aliphatic rings. The molecule has 2 fully saturated rings. The SMILES string of the molecule is CC1(c2cccc(N)c2)C2CN(CCCC3=CC=CCC3)CC21. The molecule has 122 valence electrons. The van der Waals surface area contributed by atoms with E-state index in [1.165, 1.54) is 50.9 Å². The highest BCUT2D eigenvalue weighted by Gasteiger charge is 2.65. The molecule has 0 radical (unpaired) electrons. The van der Waals surface area contributed by atoms with Gasteiger partial charge in [0.05, 0.1) is 0 Å². The zero-order chi connectivity index (χ0) is 15.9. The summed E-state index contributed by atoms with van der Waals surface area (Å²) in [5, 5.41) is 0. The largest absolute Gasteiger partial charge is 0.399 e. The molecule has 1 heterocycles. The van der Waals surface area contributed by atoms with Gasteiger partial charge in [-0.3, -0.25) is 0 Å². The predicted octanol–water partition coefficient (Wildman–Crippen LogP) is 4.14. The summed E-state index contributed by atoms with van der Waals surface area (Å²) < 4.78 is 0. The number of fused-ring (bicyclic) bond motifs is 1. The molecule has 0 aromatic heterocycles. The number of nitrogen functional groups attached to an aromatic ring is 1. The van der Waals surface area contributed by atoms with Gasteiger partial charge in [-0.1, -0.05) is 42.9 Å². The van der Waals surface area contributed by atoms with Gasteiger partial charge in [-0.2, -0.15) is 0 Å². The van der Waals surface area contributed by atoms with E-state index in [0.717, 1.165) is 17.5 Å². The summed E-state index contributed by atoms with van der Waals surface area (Å²) in [6, 6.07) is 8.55. The highest BCUT2D eigenvalue weighted by atomic mass is 15.2. The predicted molar refractivity (Wildman–Crippen MR) is 97.3 cm³/mol. The van der Waals surface area contributed by atoms with Crippen molar-refractivity contribution in [1.29, 1.82) is 0 Å². The molecule has 1 saturated carbocycles. The van der Waals surface area contributed by atoms with Gasteiger partial charge in [-0.15, -0.1) is 0 Å². The highest BCUT2D eigenvalue weighted by Crippen LogP contribution is 2.63. The van der Waals surface area contributed by atoms with Crippen LogP contribution in [0, 0.1) is 11.8 Å². The van der Waals surface area contributed by atoms with Gasteiger partial charge in [0, 0.05) is 24.2 Å². The number of hydrogen-bond donors (Lipinski definition) is 1. The third kappa shape index (κ3) is 2.74. The Labute approximate surface area is 140 Å². The van der Waals surface area contributed by atoms with Crippen LogP contribution in [0.1, 0.15) is 38.2 Å². The van der Waals surface area contributed by atoms with Crippen LogP contribution in [0.25, 0.3) is 0 Å². The van der Waals surface area contributed by atoms with Gasteiger partial charge < -0.3 is 10.6 Å². The van der Waals surface area contributed by atoms with Crippen molar-refractivity contribution in [3.8, 4) is 0 Å². The molecule has 0 spiro atoms. The topological polar surface area (TPSA) is 29.3 Å². The van der Waals surface area contributed by atoms with Gasteiger partial charge in [0.2, 0.25) is 0 Å². The molecule has 1 aromatic rings. The number of nitrogens with zero attached hydrogens (tertiary/aromatic N) is 1. The Balaban J connectivity index is 1.28. The summed E-state index contributed by atoms with van der Waals surface area (Å²) in [4.78, 5) is 2.68. The number of rotatable bonds is 5. The van der Waals surface area contributed by atoms with Crippen molar-refractivity contribution < 1.29 is 0 Å². The van der Waals surface area contributed by atoms with E-state index in [-0.39, 0.29) is 0 Å². The molecule has 0 amide bonds. The zero-order valence-electron chi connectivity index (χ0n) is 14.2. The quantitative estimate of drug-likeness (QED) is 0.828. The lowest BCUT2D eigenvalue weighted by molar-refractivity contribution is 0.274. The third-order valence-corrected chi connectivity index (χ3v) is 6.41. The first-order valence-electron chi connectivity index (χ1n) is 9.11. The molecule has 0 bridgehead atoms. The Hall–Kier alpha value is -1.54. The molecule has 2 N–H and O–H groups in total. The van der Waals surface area contributed by atoms with Crippen LogP contribution in [0.2, 0.25) is 0 Å². The van der Waals surface area contributed by atoms with E-state index < -0.39 is 0 Å². The number of piperidine rings is 1. The average molecular weight is 308 g/mol. The highest BCUT2D eigenvalue weighted by molar-refractivity contribution is 5.47. The number of benzene rings is 1.